The number of rotatable bonds is 2. The first kappa shape index (κ1) is 9.64. The Kier molecular flexibility index (Phi) is 2.54. The smallest absolute Gasteiger partial charge is 0.422 e. The van der Waals surface area contributed by atoms with Gasteiger partial charge in [0.05, 0.1) is 0 Å². The molecule has 0 bridgehead atoms. The molecule has 0 aliphatic carbocycles. The Bertz CT molecular complexity index is 455. The molecule has 5 heteroatoms. The first-order valence-electron chi connectivity index (χ1n) is 4.24. The van der Waals surface area contributed by atoms with Crippen LogP contribution < -0.4 is 5.59 Å². The summed E-state index contributed by atoms with van der Waals surface area (Å²) in [5, 5.41) is 19.0. The quantitative estimate of drug-likeness (QED) is 0.498. The zero-order chi connectivity index (χ0) is 10.1. The molecule has 0 saturated heterocycles. The number of fused-ring (bicyclic) bond motifs is 1. The third-order valence-corrected chi connectivity index (χ3v) is 2.94. The van der Waals surface area contributed by atoms with Gasteiger partial charge in [0.15, 0.2) is 0 Å². The van der Waals surface area contributed by atoms with Crippen LogP contribution in [-0.2, 0) is 0 Å². The summed E-state index contributed by atoms with van der Waals surface area (Å²) in [7, 11) is -1.43. The van der Waals surface area contributed by atoms with E-state index in [1.54, 1.807) is 17.8 Å². The molecular formula is C9H10BNO2S. The van der Waals surface area contributed by atoms with Crippen molar-refractivity contribution in [3.8, 4) is 0 Å². The van der Waals surface area contributed by atoms with Crippen molar-refractivity contribution in [3.05, 3.63) is 24.3 Å². The normalized spacial score (nSPS) is 10.8. The molecule has 0 unspecified atom stereocenters. The van der Waals surface area contributed by atoms with Gasteiger partial charge in [0, 0.05) is 21.4 Å². The van der Waals surface area contributed by atoms with Crippen LogP contribution in [-0.4, -0.2) is 28.4 Å². The zero-order valence-corrected chi connectivity index (χ0v) is 8.51. The predicted octanol–water partition coefficient (Wildman–Crippen LogP) is 0.570. The van der Waals surface area contributed by atoms with E-state index in [1.807, 2.05) is 24.5 Å². The number of benzene rings is 1. The number of aromatic nitrogens is 1. The van der Waals surface area contributed by atoms with Gasteiger partial charge in [-0.2, -0.15) is 0 Å². The lowest BCUT2D eigenvalue weighted by Gasteiger charge is -1.96. The zero-order valence-electron chi connectivity index (χ0n) is 7.69. The lowest BCUT2D eigenvalue weighted by molar-refractivity contribution is 0.424. The first-order chi connectivity index (χ1) is 6.72. The van der Waals surface area contributed by atoms with Gasteiger partial charge in [0.25, 0.3) is 0 Å². The Morgan fingerprint density at radius 2 is 2.14 bits per heavy atom. The molecule has 3 N–H and O–H groups in total. The van der Waals surface area contributed by atoms with E-state index in [2.05, 4.69) is 4.98 Å². The van der Waals surface area contributed by atoms with Crippen LogP contribution in [0.5, 0.6) is 0 Å². The topological polar surface area (TPSA) is 56.2 Å². The molecule has 2 rings (SSSR count). The van der Waals surface area contributed by atoms with Crippen LogP contribution in [0.3, 0.4) is 0 Å². The molecule has 14 heavy (non-hydrogen) atoms. The molecule has 3 nitrogen and oxygen atoms in total. The standard InChI is InChI=1S/C9H10BNO2S/c1-14-8-4-2-3-7-6(8)5-9(11-7)10(12)13/h2-5,11-13H,1H3. The van der Waals surface area contributed by atoms with Crippen LogP contribution in [0.15, 0.2) is 29.2 Å². The second kappa shape index (κ2) is 3.69. The van der Waals surface area contributed by atoms with Crippen molar-refractivity contribution < 1.29 is 10.0 Å². The molecule has 1 heterocycles. The van der Waals surface area contributed by atoms with E-state index in [9.17, 15) is 0 Å². The van der Waals surface area contributed by atoms with E-state index in [0.717, 1.165) is 15.8 Å². The molecular weight excluding hydrogens is 197 g/mol. The van der Waals surface area contributed by atoms with Crippen molar-refractivity contribution in [3.63, 3.8) is 0 Å². The second-order valence-electron chi connectivity index (χ2n) is 3.02. The van der Waals surface area contributed by atoms with Crippen molar-refractivity contribution in [2.75, 3.05) is 6.26 Å². The Balaban J connectivity index is 2.64. The van der Waals surface area contributed by atoms with Crippen LogP contribution >= 0.6 is 11.8 Å². The largest absolute Gasteiger partial charge is 0.505 e. The summed E-state index contributed by atoms with van der Waals surface area (Å²) in [5.41, 5.74) is 1.36. The molecule has 0 atom stereocenters. The third kappa shape index (κ3) is 1.54. The van der Waals surface area contributed by atoms with Gasteiger partial charge in [0.2, 0.25) is 0 Å². The minimum Gasteiger partial charge on any atom is -0.422 e. The van der Waals surface area contributed by atoms with Crippen LogP contribution in [0.1, 0.15) is 0 Å². The average Bonchev–Trinajstić information content (AvgIpc) is 2.60. The highest BCUT2D eigenvalue weighted by Crippen LogP contribution is 2.24. The van der Waals surface area contributed by atoms with E-state index in [-0.39, 0.29) is 0 Å². The van der Waals surface area contributed by atoms with Gasteiger partial charge in [-0.15, -0.1) is 11.8 Å². The highest BCUT2D eigenvalue weighted by atomic mass is 32.2. The van der Waals surface area contributed by atoms with Crippen molar-refractivity contribution in [1.29, 1.82) is 0 Å². The Morgan fingerprint density at radius 3 is 2.79 bits per heavy atom. The predicted molar refractivity (Wildman–Crippen MR) is 59.9 cm³/mol. The highest BCUT2D eigenvalue weighted by Gasteiger charge is 2.14. The fraction of sp³-hybridized carbons (Fsp3) is 0.111. The molecule has 0 radical (unpaired) electrons. The van der Waals surface area contributed by atoms with Gasteiger partial charge in [-0.1, -0.05) is 6.07 Å². The van der Waals surface area contributed by atoms with Gasteiger partial charge in [-0.05, 0) is 24.5 Å². The summed E-state index contributed by atoms with van der Waals surface area (Å²) in [6, 6.07) is 7.64. The van der Waals surface area contributed by atoms with E-state index in [0.29, 0.717) is 5.59 Å². The molecule has 0 saturated carbocycles. The first-order valence-corrected chi connectivity index (χ1v) is 5.46. The Hall–Kier alpha value is -0.905. The summed E-state index contributed by atoms with van der Waals surface area (Å²) in [5.74, 6) is 0. The monoisotopic (exact) mass is 207 g/mol. The minimum absolute atomic E-state index is 0.432. The van der Waals surface area contributed by atoms with Crippen molar-refractivity contribution in [1.82, 2.24) is 4.98 Å². The van der Waals surface area contributed by atoms with Gasteiger partial charge >= 0.3 is 7.12 Å². The van der Waals surface area contributed by atoms with Gasteiger partial charge in [0.1, 0.15) is 0 Å². The number of hydrogen-bond acceptors (Lipinski definition) is 3. The minimum atomic E-state index is -1.43. The number of thioether (sulfide) groups is 1. The van der Waals surface area contributed by atoms with Gasteiger partial charge < -0.3 is 15.0 Å². The number of nitrogens with one attached hydrogen (secondary N) is 1. The van der Waals surface area contributed by atoms with E-state index in [4.69, 9.17) is 10.0 Å². The van der Waals surface area contributed by atoms with E-state index < -0.39 is 7.12 Å². The van der Waals surface area contributed by atoms with Crippen LogP contribution in [0, 0.1) is 0 Å². The SMILES string of the molecule is CSc1cccc2[nH]c(B(O)O)cc12. The summed E-state index contributed by atoms with van der Waals surface area (Å²) in [6.45, 7) is 0. The molecule has 0 aliphatic rings. The fourth-order valence-electron chi connectivity index (χ4n) is 1.47. The van der Waals surface area contributed by atoms with Crippen LogP contribution in [0.4, 0.5) is 0 Å². The molecule has 72 valence electrons. The maximum absolute atomic E-state index is 9.01. The third-order valence-electron chi connectivity index (χ3n) is 2.14. The van der Waals surface area contributed by atoms with E-state index >= 15 is 0 Å². The summed E-state index contributed by atoms with van der Waals surface area (Å²) >= 11 is 1.64. The Labute approximate surface area is 86.3 Å². The Morgan fingerprint density at radius 1 is 1.36 bits per heavy atom. The summed E-state index contributed by atoms with van der Waals surface area (Å²) < 4.78 is 0. The summed E-state index contributed by atoms with van der Waals surface area (Å²) in [6.07, 6.45) is 2.00. The molecule has 0 aliphatic heterocycles. The molecule has 0 fully saturated rings. The van der Waals surface area contributed by atoms with Crippen molar-refractivity contribution in [2.24, 2.45) is 0 Å². The van der Waals surface area contributed by atoms with E-state index in [1.165, 1.54) is 0 Å². The number of hydrogen-bond donors (Lipinski definition) is 3. The number of aromatic amines is 1. The van der Waals surface area contributed by atoms with Crippen molar-refractivity contribution >= 4 is 35.4 Å². The second-order valence-corrected chi connectivity index (χ2v) is 3.87. The molecule has 0 spiro atoms. The maximum Gasteiger partial charge on any atom is 0.505 e. The lowest BCUT2D eigenvalue weighted by Crippen LogP contribution is -2.30. The molecule has 1 aromatic heterocycles. The molecule has 2 aromatic rings. The summed E-state index contributed by atoms with van der Waals surface area (Å²) in [4.78, 5) is 4.09. The van der Waals surface area contributed by atoms with Gasteiger partial charge in [-0.25, -0.2) is 0 Å². The highest BCUT2D eigenvalue weighted by molar-refractivity contribution is 7.98. The average molecular weight is 207 g/mol. The fourth-order valence-corrected chi connectivity index (χ4v) is 2.07. The number of H-pyrrole nitrogens is 1. The molecule has 1 aromatic carbocycles. The lowest BCUT2D eigenvalue weighted by atomic mass is 9.86. The van der Waals surface area contributed by atoms with Crippen LogP contribution in [0.25, 0.3) is 10.9 Å². The van der Waals surface area contributed by atoms with Gasteiger partial charge in [-0.3, -0.25) is 0 Å². The maximum atomic E-state index is 9.01. The van der Waals surface area contributed by atoms with Crippen molar-refractivity contribution in [2.45, 2.75) is 4.90 Å². The molecule has 0 amide bonds. The van der Waals surface area contributed by atoms with Crippen LogP contribution in [0.2, 0.25) is 0 Å².